The van der Waals surface area contributed by atoms with E-state index in [4.69, 9.17) is 38.6 Å². The number of benzene rings is 2. The number of guanidine groups is 1. The molecule has 1 atom stereocenters. The molecule has 0 radical (unpaired) electrons. The molecule has 2 aromatic carbocycles. The van der Waals surface area contributed by atoms with Gasteiger partial charge in [-0.1, -0.05) is 12.1 Å². The van der Waals surface area contributed by atoms with Crippen LogP contribution in [-0.4, -0.2) is 39.3 Å². The van der Waals surface area contributed by atoms with E-state index in [1.54, 1.807) is 31.4 Å². The maximum absolute atomic E-state index is 12.6. The first-order chi connectivity index (χ1) is 13.7. The summed E-state index contributed by atoms with van der Waals surface area (Å²) in [6.45, 7) is 0.266. The minimum Gasteiger partial charge on any atom is -0.497 e. The summed E-state index contributed by atoms with van der Waals surface area (Å²) in [5.41, 5.74) is 10.5. The highest BCUT2D eigenvalue weighted by Gasteiger charge is 2.24. The second-order valence-corrected chi connectivity index (χ2v) is 7.89. The molecule has 0 aliphatic carbocycles. The van der Waals surface area contributed by atoms with Crippen molar-refractivity contribution in [2.45, 2.75) is 23.8 Å². The van der Waals surface area contributed by atoms with Crippen LogP contribution in [-0.2, 0) is 14.8 Å². The van der Waals surface area contributed by atoms with Crippen molar-refractivity contribution < 1.29 is 17.9 Å². The van der Waals surface area contributed by atoms with E-state index >= 15 is 0 Å². The molecule has 0 saturated heterocycles. The van der Waals surface area contributed by atoms with Gasteiger partial charge in [0.1, 0.15) is 5.75 Å². The summed E-state index contributed by atoms with van der Waals surface area (Å²) in [4.78, 5) is 15.4. The molecule has 0 bridgehead atoms. The second-order valence-electron chi connectivity index (χ2n) is 5.80. The first kappa shape index (κ1) is 24.1. The number of nitrogens with zero attached hydrogens (tertiary/aromatic N) is 3. The fourth-order valence-corrected chi connectivity index (χ4v) is 3.97. The number of carbonyl (C=O) groups excluding carboxylic acids is 1. The maximum Gasteiger partial charge on any atom is 0.241 e. The van der Waals surface area contributed by atoms with E-state index in [0.29, 0.717) is 12.2 Å². The lowest BCUT2D eigenvalue weighted by molar-refractivity contribution is -0.113. The molecule has 29 heavy (non-hydrogen) atoms. The van der Waals surface area contributed by atoms with E-state index in [-0.39, 0.29) is 23.8 Å². The molecule has 0 spiro atoms. The topological polar surface area (TPSA) is 184 Å². The van der Waals surface area contributed by atoms with Gasteiger partial charge in [0.15, 0.2) is 5.96 Å². The quantitative estimate of drug-likeness (QED) is 0.171. The van der Waals surface area contributed by atoms with Crippen molar-refractivity contribution >= 4 is 43.6 Å². The minimum absolute atomic E-state index is 0.0345. The third kappa shape index (κ3) is 7.19. The van der Waals surface area contributed by atoms with Crippen molar-refractivity contribution in [2.24, 2.45) is 16.5 Å². The Bertz CT molecular complexity index is 1010. The number of nitrogens with two attached hydrogens (primary N) is 2. The molecule has 12 heteroatoms. The van der Waals surface area contributed by atoms with E-state index in [1.807, 2.05) is 0 Å². The Hall–Kier alpha value is -2.94. The monoisotopic (exact) mass is 440 g/mol. The van der Waals surface area contributed by atoms with Gasteiger partial charge in [0, 0.05) is 17.3 Å². The minimum atomic E-state index is -3.94. The average molecular weight is 441 g/mol. The number of nitrogens with one attached hydrogen (secondary N) is 1. The zero-order valence-corrected chi connectivity index (χ0v) is 17.2. The molecular weight excluding hydrogens is 420 g/mol. The van der Waals surface area contributed by atoms with Gasteiger partial charge in [0.2, 0.25) is 15.3 Å². The van der Waals surface area contributed by atoms with Crippen molar-refractivity contribution in [3.8, 4) is 5.75 Å². The lowest BCUT2D eigenvalue weighted by Crippen LogP contribution is -2.39. The zero-order chi connectivity index (χ0) is 22.0. The summed E-state index contributed by atoms with van der Waals surface area (Å²) in [6.07, 6.45) is 0.560. The van der Waals surface area contributed by atoms with Gasteiger partial charge in [-0.2, -0.15) is 4.72 Å². The van der Waals surface area contributed by atoms with E-state index in [1.165, 1.54) is 12.1 Å². The van der Waals surface area contributed by atoms with Crippen LogP contribution in [0.5, 0.6) is 5.75 Å². The molecule has 0 heterocycles. The molecule has 5 N–H and O–H groups in total. The van der Waals surface area contributed by atoms with Crippen molar-refractivity contribution in [1.82, 2.24) is 4.72 Å². The Morgan fingerprint density at radius 1 is 1.21 bits per heavy atom. The van der Waals surface area contributed by atoms with Crippen molar-refractivity contribution in [3.63, 3.8) is 0 Å². The largest absolute Gasteiger partial charge is 0.497 e. The van der Waals surface area contributed by atoms with E-state index in [9.17, 15) is 13.2 Å². The Labute approximate surface area is 173 Å². The van der Waals surface area contributed by atoms with E-state index < -0.39 is 21.3 Å². The predicted octanol–water partition coefficient (Wildman–Crippen LogP) is 1.34. The maximum atomic E-state index is 12.6. The molecule has 0 aliphatic rings. The van der Waals surface area contributed by atoms with Crippen molar-refractivity contribution in [2.75, 3.05) is 13.7 Å². The number of methoxy groups -OCH3 is 1. The molecular formula is C17H21ClN6O4S. The molecule has 2 aromatic rings. The van der Waals surface area contributed by atoms with Gasteiger partial charge in [0.25, 0.3) is 0 Å². The van der Waals surface area contributed by atoms with Crippen molar-refractivity contribution in [1.29, 1.82) is 10.8 Å². The molecule has 0 aromatic heterocycles. The summed E-state index contributed by atoms with van der Waals surface area (Å²) in [5.74, 6) is 0.599. The number of rotatable bonds is 9. The Balaban J connectivity index is 0.00000204. The number of sulfonamides is 1. The summed E-state index contributed by atoms with van der Waals surface area (Å²) < 4.78 is 32.8. The molecule has 0 aliphatic heterocycles. The molecule has 10 nitrogen and oxygen atoms in total. The number of aliphatic imine (C=N–C) groups is 1. The van der Waals surface area contributed by atoms with Crippen LogP contribution >= 0.6 is 11.6 Å². The molecule has 2 rings (SSSR count). The molecule has 0 fully saturated rings. The summed E-state index contributed by atoms with van der Waals surface area (Å²) in [6, 6.07) is 8.87. The Kier molecular flexibility index (Phi) is 9.27. The SMILES string of the molecule is COc1ccc2cc(S(=O)(=O)N[C@@H](CCCN=C(N)N)C(=O)Cl)ccc2c1.N#N. The smallest absolute Gasteiger partial charge is 0.241 e. The number of fused-ring (bicyclic) bond motifs is 1. The third-order valence-corrected chi connectivity index (χ3v) is 5.58. The van der Waals surface area contributed by atoms with Crippen LogP contribution < -0.4 is 20.9 Å². The predicted molar refractivity (Wildman–Crippen MR) is 109 cm³/mol. The number of hydrogen-bond acceptors (Lipinski definition) is 7. The zero-order valence-electron chi connectivity index (χ0n) is 15.6. The molecule has 0 unspecified atom stereocenters. The first-order valence-electron chi connectivity index (χ1n) is 8.28. The first-order valence-corrected chi connectivity index (χ1v) is 10.1. The normalized spacial score (nSPS) is 11.7. The third-order valence-electron chi connectivity index (χ3n) is 3.85. The summed E-state index contributed by atoms with van der Waals surface area (Å²) in [7, 11) is -2.38. The lowest BCUT2D eigenvalue weighted by Gasteiger charge is -2.15. The second kappa shape index (κ2) is 11.2. The van der Waals surface area contributed by atoms with Gasteiger partial charge in [0.05, 0.1) is 18.0 Å². The summed E-state index contributed by atoms with van der Waals surface area (Å²) >= 11 is 5.54. The van der Waals surface area contributed by atoms with Crippen molar-refractivity contribution in [3.05, 3.63) is 36.4 Å². The fourth-order valence-electron chi connectivity index (χ4n) is 2.47. The highest BCUT2D eigenvalue weighted by Crippen LogP contribution is 2.24. The number of ether oxygens (including phenoxy) is 1. The number of carbonyl (C=O) groups is 1. The summed E-state index contributed by atoms with van der Waals surface area (Å²) in [5, 5.41) is 12.8. The van der Waals surface area contributed by atoms with Gasteiger partial charge in [-0.25, -0.2) is 8.42 Å². The van der Waals surface area contributed by atoms with Crippen LogP contribution in [0.25, 0.3) is 10.8 Å². The van der Waals surface area contributed by atoms with Gasteiger partial charge < -0.3 is 16.2 Å². The van der Waals surface area contributed by atoms with Gasteiger partial charge in [-0.05, 0) is 59.5 Å². The van der Waals surface area contributed by atoms with E-state index in [0.717, 1.165) is 10.8 Å². The van der Waals surface area contributed by atoms with E-state index in [2.05, 4.69) is 9.71 Å². The molecule has 0 saturated carbocycles. The Morgan fingerprint density at radius 3 is 2.41 bits per heavy atom. The average Bonchev–Trinajstić information content (AvgIpc) is 2.70. The highest BCUT2D eigenvalue weighted by molar-refractivity contribution is 7.89. The van der Waals surface area contributed by atoms with Crippen LogP contribution in [0.15, 0.2) is 46.3 Å². The molecule has 156 valence electrons. The fraction of sp³-hybridized carbons (Fsp3) is 0.294. The van der Waals surface area contributed by atoms with Crippen LogP contribution in [0.1, 0.15) is 12.8 Å². The van der Waals surface area contributed by atoms with Gasteiger partial charge >= 0.3 is 0 Å². The van der Waals surface area contributed by atoms with Crippen LogP contribution in [0, 0.1) is 10.8 Å². The number of halogens is 1. The van der Waals surface area contributed by atoms with Gasteiger partial charge in [-0.3, -0.25) is 9.79 Å². The Morgan fingerprint density at radius 2 is 1.83 bits per heavy atom. The molecule has 0 amide bonds. The standard InChI is InChI=1S/C17H21ClN4O4S.N2/c1-26-13-6-4-12-10-14(7-5-11(12)9-13)27(24,25)22-15(16(18)23)3-2-8-21-17(19)20;1-2/h4-7,9-10,15,22H,2-3,8H2,1H3,(H4,19,20,21);/t15-;/m0./s1. The lowest BCUT2D eigenvalue weighted by atomic mass is 10.1. The van der Waals surface area contributed by atoms with Crippen LogP contribution in [0.3, 0.4) is 0 Å². The van der Waals surface area contributed by atoms with Crippen LogP contribution in [0.2, 0.25) is 0 Å². The van der Waals surface area contributed by atoms with Gasteiger partial charge in [-0.15, -0.1) is 0 Å². The highest BCUT2D eigenvalue weighted by atomic mass is 35.5. The van der Waals surface area contributed by atoms with Crippen LogP contribution in [0.4, 0.5) is 0 Å². The number of hydrogen-bond donors (Lipinski definition) is 3.